The van der Waals surface area contributed by atoms with Crippen molar-refractivity contribution >= 4 is 18.0 Å². The summed E-state index contributed by atoms with van der Waals surface area (Å²) in [6.07, 6.45) is 2.53. The minimum Gasteiger partial charge on any atom is -0.496 e. The summed E-state index contributed by atoms with van der Waals surface area (Å²) >= 11 is 0. The lowest BCUT2D eigenvalue weighted by atomic mass is 10.1. The van der Waals surface area contributed by atoms with E-state index in [2.05, 4.69) is 0 Å². The SMILES string of the molecule is COC(=O)c1ccccc1OCc1cc(C=CC(=O)O)ccc1OC. The zero-order valence-electron chi connectivity index (χ0n) is 13.9. The smallest absolute Gasteiger partial charge is 0.341 e. The Morgan fingerprint density at radius 1 is 1.08 bits per heavy atom. The molecule has 0 bridgehead atoms. The van der Waals surface area contributed by atoms with Crippen LogP contribution < -0.4 is 9.47 Å². The van der Waals surface area contributed by atoms with Gasteiger partial charge < -0.3 is 19.3 Å². The highest BCUT2D eigenvalue weighted by Gasteiger charge is 2.13. The molecule has 0 aliphatic carbocycles. The molecule has 25 heavy (non-hydrogen) atoms. The lowest BCUT2D eigenvalue weighted by Gasteiger charge is -2.13. The molecular formula is C19H18O6. The van der Waals surface area contributed by atoms with Crippen LogP contribution in [-0.2, 0) is 16.1 Å². The Bertz CT molecular complexity index is 794. The van der Waals surface area contributed by atoms with Crippen molar-refractivity contribution in [3.63, 3.8) is 0 Å². The third kappa shape index (κ3) is 4.84. The molecule has 0 aromatic heterocycles. The summed E-state index contributed by atoms with van der Waals surface area (Å²) in [5, 5.41) is 8.72. The number of rotatable bonds is 7. The van der Waals surface area contributed by atoms with E-state index >= 15 is 0 Å². The minimum atomic E-state index is -1.03. The number of hydrogen-bond acceptors (Lipinski definition) is 5. The van der Waals surface area contributed by atoms with E-state index in [1.807, 2.05) is 0 Å². The maximum atomic E-state index is 11.8. The van der Waals surface area contributed by atoms with Crippen molar-refractivity contribution < 1.29 is 28.9 Å². The Balaban J connectivity index is 2.24. The molecule has 0 amide bonds. The highest BCUT2D eigenvalue weighted by molar-refractivity contribution is 5.92. The Morgan fingerprint density at radius 3 is 2.52 bits per heavy atom. The van der Waals surface area contributed by atoms with Crippen LogP contribution in [0.15, 0.2) is 48.5 Å². The third-order valence-electron chi connectivity index (χ3n) is 3.40. The fourth-order valence-electron chi connectivity index (χ4n) is 2.21. The standard InChI is InChI=1S/C19H18O6/c1-23-16-9-7-13(8-10-18(20)21)11-14(16)12-25-17-6-4-3-5-15(17)19(22)24-2/h3-11H,12H2,1-2H3,(H,20,21). The van der Waals surface area contributed by atoms with Crippen LogP contribution in [0.2, 0.25) is 0 Å². The van der Waals surface area contributed by atoms with Crippen molar-refractivity contribution in [3.05, 3.63) is 65.2 Å². The van der Waals surface area contributed by atoms with Gasteiger partial charge in [0.1, 0.15) is 23.7 Å². The van der Waals surface area contributed by atoms with Gasteiger partial charge in [0.25, 0.3) is 0 Å². The van der Waals surface area contributed by atoms with Crippen LogP contribution in [0.25, 0.3) is 6.08 Å². The van der Waals surface area contributed by atoms with Gasteiger partial charge in [0.2, 0.25) is 0 Å². The lowest BCUT2D eigenvalue weighted by molar-refractivity contribution is -0.131. The lowest BCUT2D eigenvalue weighted by Crippen LogP contribution is -2.06. The molecule has 0 unspecified atom stereocenters. The molecule has 1 N–H and O–H groups in total. The second kappa shape index (κ2) is 8.54. The van der Waals surface area contributed by atoms with Gasteiger partial charge in [0.15, 0.2) is 0 Å². The molecule has 0 spiro atoms. The average Bonchev–Trinajstić information content (AvgIpc) is 2.64. The van der Waals surface area contributed by atoms with Gasteiger partial charge in [-0.3, -0.25) is 0 Å². The van der Waals surface area contributed by atoms with Gasteiger partial charge in [0, 0.05) is 11.6 Å². The van der Waals surface area contributed by atoms with E-state index < -0.39 is 11.9 Å². The van der Waals surface area contributed by atoms with Gasteiger partial charge in [-0.25, -0.2) is 9.59 Å². The van der Waals surface area contributed by atoms with Gasteiger partial charge in [-0.05, 0) is 35.9 Å². The zero-order valence-corrected chi connectivity index (χ0v) is 13.9. The van der Waals surface area contributed by atoms with Crippen LogP contribution in [0.3, 0.4) is 0 Å². The summed E-state index contributed by atoms with van der Waals surface area (Å²) in [5.74, 6) is -0.521. The average molecular weight is 342 g/mol. The fraction of sp³-hybridized carbons (Fsp3) is 0.158. The summed E-state index contributed by atoms with van der Waals surface area (Å²) in [4.78, 5) is 22.4. The van der Waals surface area contributed by atoms with E-state index in [1.165, 1.54) is 20.3 Å². The number of benzene rings is 2. The van der Waals surface area contributed by atoms with Crippen LogP contribution in [0.5, 0.6) is 11.5 Å². The minimum absolute atomic E-state index is 0.145. The van der Waals surface area contributed by atoms with Crippen molar-refractivity contribution in [1.29, 1.82) is 0 Å². The molecule has 2 rings (SSSR count). The highest BCUT2D eigenvalue weighted by Crippen LogP contribution is 2.25. The quantitative estimate of drug-likeness (QED) is 0.615. The monoisotopic (exact) mass is 342 g/mol. The first-order valence-corrected chi connectivity index (χ1v) is 7.43. The van der Waals surface area contributed by atoms with Crippen LogP contribution in [0, 0.1) is 0 Å². The van der Waals surface area contributed by atoms with Gasteiger partial charge in [-0.15, -0.1) is 0 Å². The van der Waals surface area contributed by atoms with Gasteiger partial charge >= 0.3 is 11.9 Å². The molecule has 0 radical (unpaired) electrons. The molecule has 6 nitrogen and oxygen atoms in total. The number of esters is 1. The molecule has 0 atom stereocenters. The Labute approximate surface area is 145 Å². The summed E-state index contributed by atoms with van der Waals surface area (Å²) < 4.78 is 15.8. The number of carbonyl (C=O) groups is 2. The van der Waals surface area contributed by atoms with E-state index in [0.717, 1.165) is 11.6 Å². The molecular weight excluding hydrogens is 324 g/mol. The number of carboxylic acid groups (broad SMARTS) is 1. The molecule has 0 aliphatic heterocycles. The molecule has 2 aromatic rings. The Morgan fingerprint density at radius 2 is 1.84 bits per heavy atom. The summed E-state index contributed by atoms with van der Waals surface area (Å²) in [7, 11) is 2.84. The molecule has 0 heterocycles. The van der Waals surface area contributed by atoms with E-state index in [1.54, 1.807) is 42.5 Å². The van der Waals surface area contributed by atoms with Crippen molar-refractivity contribution in [2.24, 2.45) is 0 Å². The number of aliphatic carboxylic acids is 1. The van der Waals surface area contributed by atoms with Crippen molar-refractivity contribution in [2.45, 2.75) is 6.61 Å². The summed E-state index contributed by atoms with van der Waals surface area (Å²) in [6.45, 7) is 0.145. The first-order chi connectivity index (χ1) is 12.0. The van der Waals surface area contributed by atoms with E-state index in [9.17, 15) is 9.59 Å². The predicted molar refractivity (Wildman–Crippen MR) is 91.8 cm³/mol. The van der Waals surface area contributed by atoms with Crippen molar-refractivity contribution in [2.75, 3.05) is 14.2 Å². The molecule has 0 saturated heterocycles. The largest absolute Gasteiger partial charge is 0.496 e. The molecule has 130 valence electrons. The Kier molecular flexibility index (Phi) is 6.17. The Hall–Kier alpha value is -3.28. The maximum Gasteiger partial charge on any atom is 0.341 e. The first-order valence-electron chi connectivity index (χ1n) is 7.43. The molecule has 0 aliphatic rings. The predicted octanol–water partition coefficient (Wildman–Crippen LogP) is 3.16. The number of carboxylic acids is 1. The molecule has 0 saturated carbocycles. The zero-order chi connectivity index (χ0) is 18.2. The number of hydrogen-bond donors (Lipinski definition) is 1. The van der Waals surface area contributed by atoms with E-state index in [-0.39, 0.29) is 6.61 Å². The summed E-state index contributed by atoms with van der Waals surface area (Å²) in [6, 6.07) is 12.0. The normalized spacial score (nSPS) is 10.5. The van der Waals surface area contributed by atoms with E-state index in [0.29, 0.717) is 22.6 Å². The number of carbonyl (C=O) groups excluding carboxylic acids is 1. The van der Waals surface area contributed by atoms with Gasteiger partial charge in [0.05, 0.1) is 14.2 Å². The third-order valence-corrected chi connectivity index (χ3v) is 3.40. The second-order valence-corrected chi connectivity index (χ2v) is 5.02. The topological polar surface area (TPSA) is 82.1 Å². The molecule has 2 aromatic carbocycles. The molecule has 0 fully saturated rings. The number of para-hydroxylation sites is 1. The van der Waals surface area contributed by atoms with E-state index in [4.69, 9.17) is 19.3 Å². The molecule has 6 heteroatoms. The van der Waals surface area contributed by atoms with Crippen molar-refractivity contribution in [1.82, 2.24) is 0 Å². The van der Waals surface area contributed by atoms with Crippen LogP contribution >= 0.6 is 0 Å². The van der Waals surface area contributed by atoms with Gasteiger partial charge in [-0.1, -0.05) is 18.2 Å². The first kappa shape index (κ1) is 18.1. The van der Waals surface area contributed by atoms with Crippen LogP contribution in [0.4, 0.5) is 0 Å². The van der Waals surface area contributed by atoms with Gasteiger partial charge in [-0.2, -0.15) is 0 Å². The van der Waals surface area contributed by atoms with Crippen molar-refractivity contribution in [3.8, 4) is 11.5 Å². The fourth-order valence-corrected chi connectivity index (χ4v) is 2.21. The highest BCUT2D eigenvalue weighted by atomic mass is 16.5. The van der Waals surface area contributed by atoms with Crippen LogP contribution in [-0.4, -0.2) is 31.3 Å². The number of methoxy groups -OCH3 is 2. The maximum absolute atomic E-state index is 11.8. The van der Waals surface area contributed by atoms with Crippen LogP contribution in [0.1, 0.15) is 21.5 Å². The summed E-state index contributed by atoms with van der Waals surface area (Å²) in [5.41, 5.74) is 1.74. The number of ether oxygens (including phenoxy) is 3. The second-order valence-electron chi connectivity index (χ2n) is 5.02.